The molecule has 2 aromatic carbocycles. The number of carbonyl (C=O) groups excluding carboxylic acids is 1. The molecule has 0 bridgehead atoms. The van der Waals surface area contributed by atoms with Crippen LogP contribution >= 0.6 is 0 Å². The molecule has 0 aliphatic carbocycles. The van der Waals surface area contributed by atoms with Gasteiger partial charge in [-0.25, -0.2) is 0 Å². The van der Waals surface area contributed by atoms with Crippen LogP contribution < -0.4 is 10.6 Å². The molecule has 3 heterocycles. The first-order chi connectivity index (χ1) is 17.5. The summed E-state index contributed by atoms with van der Waals surface area (Å²) >= 11 is 0. The molecule has 1 aliphatic heterocycles. The zero-order chi connectivity index (χ0) is 24.9. The molecular formula is C27H33N7O2. The summed E-state index contributed by atoms with van der Waals surface area (Å²) in [5.41, 5.74) is 5.25. The van der Waals surface area contributed by atoms with Gasteiger partial charge in [-0.3, -0.25) is 14.3 Å². The number of carbonyl (C=O) groups is 1. The van der Waals surface area contributed by atoms with Gasteiger partial charge in [-0.05, 0) is 54.3 Å². The van der Waals surface area contributed by atoms with Crippen molar-refractivity contribution in [3.05, 3.63) is 72.4 Å². The van der Waals surface area contributed by atoms with E-state index in [-0.39, 0.29) is 5.91 Å². The first kappa shape index (κ1) is 24.2. The van der Waals surface area contributed by atoms with Crippen molar-refractivity contribution in [2.24, 2.45) is 0 Å². The molecule has 1 saturated heterocycles. The minimum absolute atomic E-state index is 0.0575. The molecule has 9 heteroatoms. The average Bonchev–Trinajstić information content (AvgIpc) is 3.54. The number of amides is 1. The van der Waals surface area contributed by atoms with Crippen molar-refractivity contribution < 1.29 is 9.90 Å². The second-order valence-corrected chi connectivity index (χ2v) is 9.60. The maximum atomic E-state index is 11.2. The third-order valence-electron chi connectivity index (χ3n) is 6.79. The third-order valence-corrected chi connectivity index (χ3v) is 6.79. The van der Waals surface area contributed by atoms with Crippen LogP contribution in [0.25, 0.3) is 16.6 Å². The van der Waals surface area contributed by atoms with Crippen molar-refractivity contribution in [1.29, 1.82) is 0 Å². The SMILES string of the molecule is CC(=O)Nc1ccc(CC[C@H]2CN(C[C@H](O)Cc3c[nH]c4ccc(-n5cnnc5)cc34)CCN2)cc1. The summed E-state index contributed by atoms with van der Waals surface area (Å²) < 4.78 is 1.88. The number of aromatic amines is 1. The van der Waals surface area contributed by atoms with Gasteiger partial charge in [-0.2, -0.15) is 0 Å². The highest BCUT2D eigenvalue weighted by Gasteiger charge is 2.22. The summed E-state index contributed by atoms with van der Waals surface area (Å²) in [6.45, 7) is 4.95. The van der Waals surface area contributed by atoms with Gasteiger partial charge in [0.05, 0.1) is 6.10 Å². The second-order valence-electron chi connectivity index (χ2n) is 9.60. The fourth-order valence-corrected chi connectivity index (χ4v) is 5.00. The van der Waals surface area contributed by atoms with Gasteiger partial charge in [-0.1, -0.05) is 12.1 Å². The maximum absolute atomic E-state index is 11.2. The number of aromatic nitrogens is 4. The molecule has 2 aromatic heterocycles. The number of hydrogen-bond donors (Lipinski definition) is 4. The normalized spacial score (nSPS) is 17.3. The van der Waals surface area contributed by atoms with Crippen LogP contribution in [0, 0.1) is 0 Å². The van der Waals surface area contributed by atoms with Gasteiger partial charge in [-0.15, -0.1) is 10.2 Å². The molecule has 0 spiro atoms. The molecule has 4 N–H and O–H groups in total. The lowest BCUT2D eigenvalue weighted by Gasteiger charge is -2.35. The molecule has 5 rings (SSSR count). The zero-order valence-corrected chi connectivity index (χ0v) is 20.5. The number of H-pyrrole nitrogens is 1. The summed E-state index contributed by atoms with van der Waals surface area (Å²) in [4.78, 5) is 16.9. The van der Waals surface area contributed by atoms with E-state index >= 15 is 0 Å². The minimum Gasteiger partial charge on any atom is -0.391 e. The molecule has 188 valence electrons. The Morgan fingerprint density at radius 2 is 2.00 bits per heavy atom. The van der Waals surface area contributed by atoms with Crippen molar-refractivity contribution in [3.63, 3.8) is 0 Å². The number of piperazine rings is 1. The number of nitrogens with zero attached hydrogens (tertiary/aromatic N) is 4. The predicted molar refractivity (Wildman–Crippen MR) is 140 cm³/mol. The van der Waals surface area contributed by atoms with Gasteiger partial charge in [0.2, 0.25) is 5.91 Å². The van der Waals surface area contributed by atoms with Crippen LogP contribution in [0.5, 0.6) is 0 Å². The highest BCUT2D eigenvalue weighted by Crippen LogP contribution is 2.23. The zero-order valence-electron chi connectivity index (χ0n) is 20.5. The Morgan fingerprint density at radius 3 is 2.78 bits per heavy atom. The number of benzene rings is 2. The fraction of sp³-hybridized carbons (Fsp3) is 0.370. The van der Waals surface area contributed by atoms with Gasteiger partial charge in [0.1, 0.15) is 12.7 Å². The molecular weight excluding hydrogens is 454 g/mol. The molecule has 0 unspecified atom stereocenters. The number of β-amino-alcohol motifs (C(OH)–C–C–N with tert-alkyl or cyclic N) is 1. The van der Waals surface area contributed by atoms with Crippen molar-refractivity contribution in [3.8, 4) is 5.69 Å². The lowest BCUT2D eigenvalue weighted by atomic mass is 10.0. The molecule has 4 aromatic rings. The number of fused-ring (bicyclic) bond motifs is 1. The van der Waals surface area contributed by atoms with Crippen LogP contribution in [-0.4, -0.2) is 74.0 Å². The van der Waals surface area contributed by atoms with Crippen molar-refractivity contribution >= 4 is 22.5 Å². The van der Waals surface area contributed by atoms with E-state index in [4.69, 9.17) is 0 Å². The molecule has 9 nitrogen and oxygen atoms in total. The van der Waals surface area contributed by atoms with Crippen LogP contribution in [0.15, 0.2) is 61.3 Å². The number of anilines is 1. The Balaban J connectivity index is 1.14. The average molecular weight is 488 g/mol. The van der Waals surface area contributed by atoms with E-state index in [1.54, 1.807) is 12.7 Å². The Morgan fingerprint density at radius 1 is 1.19 bits per heavy atom. The molecule has 1 aliphatic rings. The predicted octanol–water partition coefficient (Wildman–Crippen LogP) is 2.52. The summed E-state index contributed by atoms with van der Waals surface area (Å²) in [6.07, 6.45) is 7.53. The number of aliphatic hydroxyl groups excluding tert-OH is 1. The van der Waals surface area contributed by atoms with Crippen LogP contribution in [0.2, 0.25) is 0 Å². The summed E-state index contributed by atoms with van der Waals surface area (Å²) in [7, 11) is 0. The highest BCUT2D eigenvalue weighted by molar-refractivity contribution is 5.88. The molecule has 1 amide bonds. The van der Waals surface area contributed by atoms with E-state index in [0.29, 0.717) is 19.0 Å². The number of aliphatic hydroxyl groups is 1. The van der Waals surface area contributed by atoms with E-state index in [1.165, 1.54) is 12.5 Å². The van der Waals surface area contributed by atoms with Gasteiger partial charge >= 0.3 is 0 Å². The smallest absolute Gasteiger partial charge is 0.221 e. The van der Waals surface area contributed by atoms with Crippen LogP contribution in [0.1, 0.15) is 24.5 Å². The summed E-state index contributed by atoms with van der Waals surface area (Å²) in [6, 6.07) is 14.6. The largest absolute Gasteiger partial charge is 0.391 e. The Labute approximate surface area is 210 Å². The first-order valence-corrected chi connectivity index (χ1v) is 12.5. The van der Waals surface area contributed by atoms with E-state index in [9.17, 15) is 9.90 Å². The van der Waals surface area contributed by atoms with Crippen LogP contribution in [0.4, 0.5) is 5.69 Å². The minimum atomic E-state index is -0.442. The summed E-state index contributed by atoms with van der Waals surface area (Å²) in [5.74, 6) is -0.0575. The lowest BCUT2D eigenvalue weighted by Crippen LogP contribution is -2.52. The van der Waals surface area contributed by atoms with E-state index in [2.05, 4.69) is 55.0 Å². The topological polar surface area (TPSA) is 111 Å². The van der Waals surface area contributed by atoms with Gasteiger partial charge < -0.3 is 20.7 Å². The van der Waals surface area contributed by atoms with E-state index in [0.717, 1.165) is 60.3 Å². The second kappa shape index (κ2) is 11.0. The van der Waals surface area contributed by atoms with Gasteiger partial charge in [0, 0.05) is 74.0 Å². The van der Waals surface area contributed by atoms with Crippen molar-refractivity contribution in [2.45, 2.75) is 38.3 Å². The highest BCUT2D eigenvalue weighted by atomic mass is 16.3. The molecule has 1 fully saturated rings. The Bertz CT molecular complexity index is 1280. The van der Waals surface area contributed by atoms with Gasteiger partial charge in [0.15, 0.2) is 0 Å². The Hall–Kier alpha value is -3.53. The first-order valence-electron chi connectivity index (χ1n) is 12.5. The lowest BCUT2D eigenvalue weighted by molar-refractivity contribution is -0.114. The fourth-order valence-electron chi connectivity index (χ4n) is 5.00. The molecule has 2 atom stereocenters. The maximum Gasteiger partial charge on any atom is 0.221 e. The van der Waals surface area contributed by atoms with Crippen molar-refractivity contribution in [2.75, 3.05) is 31.5 Å². The van der Waals surface area contributed by atoms with Crippen LogP contribution in [-0.2, 0) is 17.6 Å². The quantitative estimate of drug-likeness (QED) is 0.289. The number of aryl methyl sites for hydroxylation is 1. The van der Waals surface area contributed by atoms with E-state index < -0.39 is 6.10 Å². The number of rotatable bonds is 9. The van der Waals surface area contributed by atoms with Crippen LogP contribution in [0.3, 0.4) is 0 Å². The standard InChI is InChI=1S/C27H33N7O2/c1-19(35)32-22-5-2-20(3-6-22)4-7-23-15-33(11-10-28-23)16-25(36)12-21-14-29-27-9-8-24(13-26(21)27)34-17-30-31-18-34/h2-3,5-6,8-9,13-14,17-18,23,25,28-29,36H,4,7,10-12,15-16H2,1H3,(H,32,35)/t23-,25+/m0/s1. The molecule has 0 radical (unpaired) electrons. The van der Waals surface area contributed by atoms with Gasteiger partial charge in [0.25, 0.3) is 0 Å². The van der Waals surface area contributed by atoms with E-state index in [1.807, 2.05) is 29.0 Å². The Kier molecular flexibility index (Phi) is 7.41. The molecule has 0 saturated carbocycles. The summed E-state index contributed by atoms with van der Waals surface area (Å²) in [5, 5.41) is 26.3. The number of hydrogen-bond acceptors (Lipinski definition) is 6. The third kappa shape index (κ3) is 5.99. The molecule has 36 heavy (non-hydrogen) atoms. The monoisotopic (exact) mass is 487 g/mol. The van der Waals surface area contributed by atoms with Crippen molar-refractivity contribution in [1.82, 2.24) is 30.0 Å². The number of nitrogens with one attached hydrogen (secondary N) is 3.